The van der Waals surface area contributed by atoms with Gasteiger partial charge in [-0.15, -0.1) is 0 Å². The number of hydrogen-bond acceptors (Lipinski definition) is 4. The van der Waals surface area contributed by atoms with Crippen LogP contribution < -0.4 is 20.1 Å². The number of amides is 2. The van der Waals surface area contributed by atoms with Crippen molar-refractivity contribution in [2.75, 3.05) is 24.4 Å². The van der Waals surface area contributed by atoms with Crippen LogP contribution in [-0.4, -0.2) is 25.5 Å². The van der Waals surface area contributed by atoms with Gasteiger partial charge in [-0.05, 0) is 35.9 Å². The number of anilines is 2. The fourth-order valence-corrected chi connectivity index (χ4v) is 2.25. The minimum atomic E-state index is -0.266. The maximum atomic E-state index is 12.0. The van der Waals surface area contributed by atoms with Crippen molar-refractivity contribution < 1.29 is 19.1 Å². The SMILES string of the molecule is COc1cccc(/C=C/C(=O)Nc2ccc3c(c2)OCC(=O)N3)c1. The Hall–Kier alpha value is -3.28. The molecule has 1 aliphatic rings. The highest BCUT2D eigenvalue weighted by atomic mass is 16.5. The quantitative estimate of drug-likeness (QED) is 0.848. The van der Waals surface area contributed by atoms with Gasteiger partial charge in [-0.1, -0.05) is 12.1 Å². The summed E-state index contributed by atoms with van der Waals surface area (Å²) in [5.41, 5.74) is 2.04. The molecule has 0 atom stereocenters. The van der Waals surface area contributed by atoms with Crippen LogP contribution in [0.3, 0.4) is 0 Å². The molecular formula is C18H16N2O4. The molecule has 2 N–H and O–H groups in total. The molecule has 2 aromatic carbocycles. The summed E-state index contributed by atoms with van der Waals surface area (Å²) in [6.45, 7) is -0.0276. The lowest BCUT2D eigenvalue weighted by Crippen LogP contribution is -2.25. The summed E-state index contributed by atoms with van der Waals surface area (Å²) in [6, 6.07) is 12.5. The molecule has 122 valence electrons. The summed E-state index contributed by atoms with van der Waals surface area (Å²) < 4.78 is 10.5. The minimum absolute atomic E-state index is 0.0276. The Morgan fingerprint density at radius 3 is 3.00 bits per heavy atom. The third-order valence-corrected chi connectivity index (χ3v) is 3.40. The second-order valence-electron chi connectivity index (χ2n) is 5.15. The third-order valence-electron chi connectivity index (χ3n) is 3.40. The highest BCUT2D eigenvalue weighted by Gasteiger charge is 2.16. The lowest BCUT2D eigenvalue weighted by Gasteiger charge is -2.18. The van der Waals surface area contributed by atoms with Crippen molar-refractivity contribution in [2.24, 2.45) is 0 Å². The molecule has 0 spiro atoms. The van der Waals surface area contributed by atoms with E-state index in [2.05, 4.69) is 10.6 Å². The molecule has 0 bridgehead atoms. The molecule has 0 radical (unpaired) electrons. The monoisotopic (exact) mass is 324 g/mol. The maximum Gasteiger partial charge on any atom is 0.262 e. The van der Waals surface area contributed by atoms with Crippen LogP contribution in [0.2, 0.25) is 0 Å². The van der Waals surface area contributed by atoms with E-state index in [9.17, 15) is 9.59 Å². The number of benzene rings is 2. The summed E-state index contributed by atoms with van der Waals surface area (Å²) >= 11 is 0. The normalized spacial score (nSPS) is 13.0. The zero-order chi connectivity index (χ0) is 16.9. The first-order chi connectivity index (χ1) is 11.6. The lowest BCUT2D eigenvalue weighted by atomic mass is 10.2. The van der Waals surface area contributed by atoms with Gasteiger partial charge in [0.1, 0.15) is 11.5 Å². The van der Waals surface area contributed by atoms with E-state index < -0.39 is 0 Å². The third kappa shape index (κ3) is 3.73. The van der Waals surface area contributed by atoms with Gasteiger partial charge in [0, 0.05) is 17.8 Å². The van der Waals surface area contributed by atoms with E-state index in [0.717, 1.165) is 11.3 Å². The number of methoxy groups -OCH3 is 1. The van der Waals surface area contributed by atoms with Crippen molar-refractivity contribution in [2.45, 2.75) is 0 Å². The van der Waals surface area contributed by atoms with E-state index in [4.69, 9.17) is 9.47 Å². The summed E-state index contributed by atoms with van der Waals surface area (Å²) in [5.74, 6) is 0.800. The second-order valence-corrected chi connectivity index (χ2v) is 5.15. The van der Waals surface area contributed by atoms with E-state index >= 15 is 0 Å². The average molecular weight is 324 g/mol. The summed E-state index contributed by atoms with van der Waals surface area (Å²) in [4.78, 5) is 23.3. The molecule has 2 amide bonds. The van der Waals surface area contributed by atoms with Crippen LogP contribution in [0.25, 0.3) is 6.08 Å². The first kappa shape index (κ1) is 15.6. The van der Waals surface area contributed by atoms with Gasteiger partial charge < -0.3 is 20.1 Å². The highest BCUT2D eigenvalue weighted by molar-refractivity contribution is 6.02. The van der Waals surface area contributed by atoms with Gasteiger partial charge in [-0.2, -0.15) is 0 Å². The van der Waals surface area contributed by atoms with Gasteiger partial charge in [0.15, 0.2) is 6.61 Å². The molecule has 0 fully saturated rings. The standard InChI is InChI=1S/C18H16N2O4/c1-23-14-4-2-3-12(9-14)5-8-17(21)19-13-6-7-15-16(10-13)24-11-18(22)20-15/h2-10H,11H2,1H3,(H,19,21)(H,20,22)/b8-5+. The molecule has 1 heterocycles. The molecule has 24 heavy (non-hydrogen) atoms. The predicted molar refractivity (Wildman–Crippen MR) is 91.2 cm³/mol. The van der Waals surface area contributed by atoms with Crippen molar-refractivity contribution in [1.82, 2.24) is 0 Å². The van der Waals surface area contributed by atoms with E-state index in [0.29, 0.717) is 17.1 Å². The minimum Gasteiger partial charge on any atom is -0.497 e. The lowest BCUT2D eigenvalue weighted by molar-refractivity contribution is -0.118. The van der Waals surface area contributed by atoms with E-state index in [1.165, 1.54) is 6.08 Å². The fraction of sp³-hybridized carbons (Fsp3) is 0.111. The molecule has 6 nitrogen and oxygen atoms in total. The van der Waals surface area contributed by atoms with Crippen LogP contribution in [-0.2, 0) is 9.59 Å². The average Bonchev–Trinajstić information content (AvgIpc) is 2.60. The smallest absolute Gasteiger partial charge is 0.262 e. The first-order valence-corrected chi connectivity index (χ1v) is 7.34. The van der Waals surface area contributed by atoms with Crippen LogP contribution in [0.15, 0.2) is 48.5 Å². The van der Waals surface area contributed by atoms with Crippen molar-refractivity contribution >= 4 is 29.3 Å². The Morgan fingerprint density at radius 1 is 1.29 bits per heavy atom. The van der Waals surface area contributed by atoms with Crippen LogP contribution in [0.5, 0.6) is 11.5 Å². The largest absolute Gasteiger partial charge is 0.497 e. The van der Waals surface area contributed by atoms with E-state index in [-0.39, 0.29) is 18.4 Å². The zero-order valence-corrected chi connectivity index (χ0v) is 13.0. The number of ether oxygens (including phenoxy) is 2. The predicted octanol–water partition coefficient (Wildman–Crippen LogP) is 2.68. The second kappa shape index (κ2) is 6.87. The topological polar surface area (TPSA) is 76.7 Å². The highest BCUT2D eigenvalue weighted by Crippen LogP contribution is 2.30. The van der Waals surface area contributed by atoms with Crippen molar-refractivity contribution in [3.05, 3.63) is 54.1 Å². The Kier molecular flexibility index (Phi) is 4.47. The van der Waals surface area contributed by atoms with Gasteiger partial charge in [-0.25, -0.2) is 0 Å². The van der Waals surface area contributed by atoms with Gasteiger partial charge in [0.05, 0.1) is 12.8 Å². The van der Waals surface area contributed by atoms with Gasteiger partial charge in [-0.3, -0.25) is 9.59 Å². The van der Waals surface area contributed by atoms with E-state index in [1.54, 1.807) is 31.4 Å². The summed E-state index contributed by atoms with van der Waals surface area (Å²) in [7, 11) is 1.59. The Morgan fingerprint density at radius 2 is 2.17 bits per heavy atom. The molecule has 0 saturated heterocycles. The number of carbonyl (C=O) groups is 2. The number of rotatable bonds is 4. The maximum absolute atomic E-state index is 12.0. The molecule has 0 saturated carbocycles. The molecule has 0 aliphatic carbocycles. The molecule has 2 aromatic rings. The number of carbonyl (C=O) groups excluding carboxylic acids is 2. The first-order valence-electron chi connectivity index (χ1n) is 7.34. The summed E-state index contributed by atoms with van der Waals surface area (Å²) in [6.07, 6.45) is 3.14. The molecule has 0 aromatic heterocycles. The molecule has 6 heteroatoms. The van der Waals surface area contributed by atoms with Gasteiger partial charge in [0.25, 0.3) is 5.91 Å². The Labute approximate surface area is 139 Å². The fourth-order valence-electron chi connectivity index (χ4n) is 2.25. The van der Waals surface area contributed by atoms with Crippen molar-refractivity contribution in [3.8, 4) is 11.5 Å². The van der Waals surface area contributed by atoms with Crippen LogP contribution in [0.4, 0.5) is 11.4 Å². The molecule has 1 aliphatic heterocycles. The van der Waals surface area contributed by atoms with Crippen LogP contribution in [0, 0.1) is 0 Å². The molecule has 3 rings (SSSR count). The zero-order valence-electron chi connectivity index (χ0n) is 13.0. The summed E-state index contributed by atoms with van der Waals surface area (Å²) in [5, 5.41) is 5.45. The number of nitrogens with one attached hydrogen (secondary N) is 2. The van der Waals surface area contributed by atoms with Crippen LogP contribution in [0.1, 0.15) is 5.56 Å². The Balaban J connectivity index is 1.66. The van der Waals surface area contributed by atoms with E-state index in [1.807, 2.05) is 24.3 Å². The number of hydrogen-bond donors (Lipinski definition) is 2. The van der Waals surface area contributed by atoms with Crippen molar-refractivity contribution in [1.29, 1.82) is 0 Å². The van der Waals surface area contributed by atoms with Gasteiger partial charge in [0.2, 0.25) is 5.91 Å². The number of fused-ring (bicyclic) bond motifs is 1. The Bertz CT molecular complexity index is 814. The molecule has 0 unspecified atom stereocenters. The van der Waals surface area contributed by atoms with Crippen molar-refractivity contribution in [3.63, 3.8) is 0 Å². The van der Waals surface area contributed by atoms with Gasteiger partial charge >= 0.3 is 0 Å². The molecular weight excluding hydrogens is 308 g/mol. The van der Waals surface area contributed by atoms with Crippen LogP contribution >= 0.6 is 0 Å².